The number of nitrogens with two attached hydrogens (primary N) is 1. The Labute approximate surface area is 128 Å². The van der Waals surface area contributed by atoms with Crippen molar-refractivity contribution in [3.63, 3.8) is 0 Å². The molecule has 0 bridgehead atoms. The molecule has 0 radical (unpaired) electrons. The summed E-state index contributed by atoms with van der Waals surface area (Å²) in [6.07, 6.45) is 0. The first kappa shape index (κ1) is 15.3. The van der Waals surface area contributed by atoms with Crippen molar-refractivity contribution in [2.75, 3.05) is 4.72 Å². The fourth-order valence-electron chi connectivity index (χ4n) is 1.50. The van der Waals surface area contributed by atoms with Crippen LogP contribution < -0.4 is 10.5 Å². The van der Waals surface area contributed by atoms with Gasteiger partial charge in [0, 0.05) is 11.1 Å². The number of furan rings is 1. The molecule has 20 heavy (non-hydrogen) atoms. The highest BCUT2D eigenvalue weighted by molar-refractivity contribution is 9.10. The molecule has 0 fully saturated rings. The molecule has 0 amide bonds. The van der Waals surface area contributed by atoms with Gasteiger partial charge in [-0.2, -0.15) is 0 Å². The molecule has 0 saturated heterocycles. The molecule has 3 N–H and O–H groups in total. The molecular weight excluding hydrogens is 375 g/mol. The summed E-state index contributed by atoms with van der Waals surface area (Å²) in [5.74, 6) is -0.348. The lowest BCUT2D eigenvalue weighted by Crippen LogP contribution is -2.12. The van der Waals surface area contributed by atoms with Gasteiger partial charge in [0.1, 0.15) is 16.5 Å². The van der Waals surface area contributed by atoms with E-state index in [0.29, 0.717) is 5.76 Å². The van der Waals surface area contributed by atoms with Gasteiger partial charge in [-0.3, -0.25) is 4.72 Å². The first-order valence-electron chi connectivity index (χ1n) is 5.29. The average molecular weight is 384 g/mol. The molecule has 0 spiro atoms. The van der Waals surface area contributed by atoms with Crippen molar-refractivity contribution in [3.8, 4) is 0 Å². The zero-order chi connectivity index (χ0) is 14.9. The number of anilines is 1. The van der Waals surface area contributed by atoms with Gasteiger partial charge in [0.15, 0.2) is 4.67 Å². The molecule has 5 nitrogen and oxygen atoms in total. The third-order valence-electron chi connectivity index (χ3n) is 2.31. The van der Waals surface area contributed by atoms with Crippen LogP contribution in [-0.4, -0.2) is 8.42 Å². The summed E-state index contributed by atoms with van der Waals surface area (Å²) in [5.41, 5.74) is 5.38. The number of hydrogen-bond donors (Lipinski definition) is 2. The second-order valence-corrected chi connectivity index (χ2v) is 6.63. The molecule has 9 heteroatoms. The van der Waals surface area contributed by atoms with Crippen molar-refractivity contribution < 1.29 is 17.2 Å². The van der Waals surface area contributed by atoms with Gasteiger partial charge in [-0.1, -0.05) is 11.6 Å². The highest BCUT2D eigenvalue weighted by atomic mass is 79.9. The third-order valence-corrected chi connectivity index (χ3v) is 4.77. The molecular formula is C11H9BrClFN2O3S. The second-order valence-electron chi connectivity index (χ2n) is 3.82. The Morgan fingerprint density at radius 3 is 2.60 bits per heavy atom. The first-order valence-corrected chi connectivity index (χ1v) is 7.94. The van der Waals surface area contributed by atoms with E-state index in [1.807, 2.05) is 0 Å². The number of halogens is 3. The van der Waals surface area contributed by atoms with Crippen LogP contribution in [0.3, 0.4) is 0 Å². The fraction of sp³-hybridized carbons (Fsp3) is 0.0909. The Kier molecular flexibility index (Phi) is 4.38. The first-order chi connectivity index (χ1) is 9.31. The number of benzene rings is 1. The summed E-state index contributed by atoms with van der Waals surface area (Å²) in [5, 5.41) is 0.0802. The van der Waals surface area contributed by atoms with E-state index in [9.17, 15) is 12.8 Å². The molecule has 108 valence electrons. The highest BCUT2D eigenvalue weighted by Gasteiger charge is 2.22. The summed E-state index contributed by atoms with van der Waals surface area (Å²) in [6.45, 7) is 0.0555. The maximum absolute atomic E-state index is 13.2. The van der Waals surface area contributed by atoms with E-state index >= 15 is 0 Å². The Morgan fingerprint density at radius 1 is 1.35 bits per heavy atom. The lowest BCUT2D eigenvalue weighted by Gasteiger charge is -2.07. The van der Waals surface area contributed by atoms with Crippen LogP contribution in [-0.2, 0) is 16.6 Å². The smallest absolute Gasteiger partial charge is 0.266 e. The van der Waals surface area contributed by atoms with Crippen LogP contribution >= 0.6 is 27.5 Å². The molecule has 0 aliphatic heterocycles. The van der Waals surface area contributed by atoms with Crippen LogP contribution in [0, 0.1) is 5.82 Å². The van der Waals surface area contributed by atoms with E-state index in [1.54, 1.807) is 0 Å². The van der Waals surface area contributed by atoms with Crippen molar-refractivity contribution in [3.05, 3.63) is 45.5 Å². The normalized spacial score (nSPS) is 11.6. The Hall–Kier alpha value is -1.09. The summed E-state index contributed by atoms with van der Waals surface area (Å²) < 4.78 is 44.9. The largest absolute Gasteiger partial charge is 0.452 e. The van der Waals surface area contributed by atoms with Crippen molar-refractivity contribution in [1.82, 2.24) is 0 Å². The number of sulfonamides is 1. The summed E-state index contributed by atoms with van der Waals surface area (Å²) >= 11 is 8.66. The Bertz CT molecular complexity index is 728. The SMILES string of the molecule is NCc1cc(S(=O)(=O)Nc2cc(F)cc(Cl)c2)c(Br)o1. The summed E-state index contributed by atoms with van der Waals surface area (Å²) in [4.78, 5) is -0.127. The van der Waals surface area contributed by atoms with Gasteiger partial charge < -0.3 is 10.2 Å². The molecule has 0 atom stereocenters. The van der Waals surface area contributed by atoms with Gasteiger partial charge in [0.2, 0.25) is 0 Å². The second kappa shape index (κ2) is 5.72. The predicted molar refractivity (Wildman–Crippen MR) is 76.5 cm³/mol. The van der Waals surface area contributed by atoms with Gasteiger partial charge in [0.05, 0.1) is 12.2 Å². The molecule has 1 aromatic carbocycles. The fourth-order valence-corrected chi connectivity index (χ4v) is 3.77. The number of nitrogens with one attached hydrogen (secondary N) is 1. The molecule has 0 unspecified atom stereocenters. The molecule has 1 aromatic heterocycles. The topological polar surface area (TPSA) is 85.3 Å². The lowest BCUT2D eigenvalue weighted by molar-refractivity contribution is 0.484. The van der Waals surface area contributed by atoms with Crippen molar-refractivity contribution >= 4 is 43.2 Å². The van der Waals surface area contributed by atoms with E-state index in [2.05, 4.69) is 20.7 Å². The quantitative estimate of drug-likeness (QED) is 0.849. The van der Waals surface area contributed by atoms with Gasteiger partial charge in [-0.05, 0) is 34.1 Å². The van der Waals surface area contributed by atoms with E-state index in [1.165, 1.54) is 12.1 Å². The van der Waals surface area contributed by atoms with E-state index < -0.39 is 15.8 Å². The molecule has 2 aromatic rings. The molecule has 0 saturated carbocycles. The Balaban J connectivity index is 2.37. The zero-order valence-corrected chi connectivity index (χ0v) is 13.0. The van der Waals surface area contributed by atoms with Crippen LogP contribution in [0.15, 0.2) is 38.2 Å². The monoisotopic (exact) mass is 382 g/mol. The standard InChI is InChI=1S/C11H9BrClFN2O3S/c12-11-10(4-9(5-15)19-11)20(17,18)16-8-2-6(13)1-7(14)3-8/h1-4,16H,5,15H2. The molecule has 2 rings (SSSR count). The average Bonchev–Trinajstić information content (AvgIpc) is 2.69. The Morgan fingerprint density at radius 2 is 2.05 bits per heavy atom. The summed E-state index contributed by atoms with van der Waals surface area (Å²) in [7, 11) is -3.94. The zero-order valence-electron chi connectivity index (χ0n) is 9.86. The van der Waals surface area contributed by atoms with Gasteiger partial charge in [-0.15, -0.1) is 0 Å². The minimum atomic E-state index is -3.94. The van der Waals surface area contributed by atoms with Crippen molar-refractivity contribution in [1.29, 1.82) is 0 Å². The minimum absolute atomic E-state index is 0.0115. The maximum Gasteiger partial charge on any atom is 0.266 e. The third kappa shape index (κ3) is 3.32. The van der Waals surface area contributed by atoms with Gasteiger partial charge in [0.25, 0.3) is 10.0 Å². The predicted octanol–water partition coefficient (Wildman–Crippen LogP) is 3.09. The summed E-state index contributed by atoms with van der Waals surface area (Å²) in [6, 6.07) is 4.66. The van der Waals surface area contributed by atoms with E-state index in [0.717, 1.165) is 12.1 Å². The highest BCUT2D eigenvalue weighted by Crippen LogP contribution is 2.28. The van der Waals surface area contributed by atoms with Crippen LogP contribution in [0.4, 0.5) is 10.1 Å². The molecule has 0 aliphatic rings. The van der Waals surface area contributed by atoms with Crippen LogP contribution in [0.25, 0.3) is 0 Å². The van der Waals surface area contributed by atoms with Crippen LogP contribution in [0.1, 0.15) is 5.76 Å². The molecule has 1 heterocycles. The lowest BCUT2D eigenvalue weighted by atomic mass is 10.3. The molecule has 0 aliphatic carbocycles. The van der Waals surface area contributed by atoms with Crippen molar-refractivity contribution in [2.24, 2.45) is 5.73 Å². The van der Waals surface area contributed by atoms with Gasteiger partial charge in [-0.25, -0.2) is 12.8 Å². The number of hydrogen-bond acceptors (Lipinski definition) is 4. The number of rotatable bonds is 4. The maximum atomic E-state index is 13.2. The van der Waals surface area contributed by atoms with Crippen molar-refractivity contribution in [2.45, 2.75) is 11.4 Å². The van der Waals surface area contributed by atoms with Crippen LogP contribution in [0.5, 0.6) is 0 Å². The van der Waals surface area contributed by atoms with E-state index in [4.69, 9.17) is 21.8 Å². The van der Waals surface area contributed by atoms with Crippen LogP contribution in [0.2, 0.25) is 5.02 Å². The van der Waals surface area contributed by atoms with E-state index in [-0.39, 0.29) is 26.8 Å². The van der Waals surface area contributed by atoms with Gasteiger partial charge >= 0.3 is 0 Å². The minimum Gasteiger partial charge on any atom is -0.452 e.